The van der Waals surface area contributed by atoms with Gasteiger partial charge in [-0.15, -0.1) is 0 Å². The van der Waals surface area contributed by atoms with Crippen LogP contribution >= 0.6 is 0 Å². The van der Waals surface area contributed by atoms with Crippen LogP contribution in [0.15, 0.2) is 60.7 Å². The normalized spacial score (nSPS) is 11.0. The van der Waals surface area contributed by atoms with Gasteiger partial charge in [0.15, 0.2) is 0 Å². The van der Waals surface area contributed by atoms with E-state index in [0.717, 1.165) is 32.6 Å². The highest BCUT2D eigenvalue weighted by atomic mass is 15.1. The summed E-state index contributed by atoms with van der Waals surface area (Å²) in [7, 11) is 0. The Hall–Kier alpha value is -1.64. The van der Waals surface area contributed by atoms with Gasteiger partial charge >= 0.3 is 0 Å². The van der Waals surface area contributed by atoms with Crippen LogP contribution in [-0.2, 0) is 13.1 Å². The molecule has 0 aliphatic heterocycles. The van der Waals surface area contributed by atoms with E-state index in [1.165, 1.54) is 36.8 Å². The number of unbranched alkanes of at least 4 members (excludes halogenated alkanes) is 4. The van der Waals surface area contributed by atoms with Crippen LogP contribution in [0.1, 0.15) is 43.2 Å². The average molecular weight is 310 g/mol. The summed E-state index contributed by atoms with van der Waals surface area (Å²) >= 11 is 0. The maximum atomic E-state index is 5.56. The van der Waals surface area contributed by atoms with Gasteiger partial charge in [-0.25, -0.2) is 0 Å². The van der Waals surface area contributed by atoms with E-state index in [0.29, 0.717) is 0 Å². The van der Waals surface area contributed by atoms with E-state index >= 15 is 0 Å². The second-order valence-corrected chi connectivity index (χ2v) is 6.24. The third kappa shape index (κ3) is 7.45. The number of hydrogen-bond donors (Lipinski definition) is 1. The largest absolute Gasteiger partial charge is 0.330 e. The molecule has 0 unspecified atom stereocenters. The van der Waals surface area contributed by atoms with E-state index in [2.05, 4.69) is 65.6 Å². The predicted molar refractivity (Wildman–Crippen MR) is 99.1 cm³/mol. The van der Waals surface area contributed by atoms with Crippen LogP contribution in [0.3, 0.4) is 0 Å². The van der Waals surface area contributed by atoms with Crippen LogP contribution in [0.2, 0.25) is 0 Å². The van der Waals surface area contributed by atoms with E-state index in [9.17, 15) is 0 Å². The van der Waals surface area contributed by atoms with Crippen LogP contribution in [0.5, 0.6) is 0 Å². The van der Waals surface area contributed by atoms with Crippen molar-refractivity contribution in [2.75, 3.05) is 13.1 Å². The molecule has 0 aliphatic rings. The minimum Gasteiger partial charge on any atom is -0.330 e. The van der Waals surface area contributed by atoms with Gasteiger partial charge in [0.2, 0.25) is 0 Å². The van der Waals surface area contributed by atoms with Crippen molar-refractivity contribution in [2.45, 2.75) is 45.2 Å². The van der Waals surface area contributed by atoms with E-state index in [-0.39, 0.29) is 0 Å². The average Bonchev–Trinajstić information content (AvgIpc) is 2.60. The Bertz CT molecular complexity index is 468. The fourth-order valence-corrected chi connectivity index (χ4v) is 2.91. The number of nitrogens with zero attached hydrogens (tertiary/aromatic N) is 1. The molecule has 124 valence electrons. The summed E-state index contributed by atoms with van der Waals surface area (Å²) in [6, 6.07) is 21.6. The highest BCUT2D eigenvalue weighted by Crippen LogP contribution is 2.12. The summed E-state index contributed by atoms with van der Waals surface area (Å²) in [6.07, 6.45) is 6.32. The summed E-state index contributed by atoms with van der Waals surface area (Å²) in [4.78, 5) is 2.56. The number of rotatable bonds is 11. The first-order chi connectivity index (χ1) is 11.4. The molecule has 0 atom stereocenters. The molecule has 0 aromatic heterocycles. The van der Waals surface area contributed by atoms with Crippen LogP contribution in [0, 0.1) is 0 Å². The highest BCUT2D eigenvalue weighted by molar-refractivity contribution is 5.17. The van der Waals surface area contributed by atoms with Crippen molar-refractivity contribution in [1.29, 1.82) is 0 Å². The van der Waals surface area contributed by atoms with Crippen LogP contribution in [0.4, 0.5) is 0 Å². The maximum Gasteiger partial charge on any atom is 0.0237 e. The summed E-state index contributed by atoms with van der Waals surface area (Å²) < 4.78 is 0. The van der Waals surface area contributed by atoms with Crippen molar-refractivity contribution in [3.63, 3.8) is 0 Å². The molecule has 2 N–H and O–H groups in total. The molecule has 2 nitrogen and oxygen atoms in total. The van der Waals surface area contributed by atoms with Gasteiger partial charge in [0.25, 0.3) is 0 Å². The zero-order chi connectivity index (χ0) is 16.2. The lowest BCUT2D eigenvalue weighted by molar-refractivity contribution is 0.250. The lowest BCUT2D eigenvalue weighted by Crippen LogP contribution is -2.24. The Kier molecular flexibility index (Phi) is 8.46. The number of hydrogen-bond acceptors (Lipinski definition) is 2. The lowest BCUT2D eigenvalue weighted by atomic mass is 10.1. The van der Waals surface area contributed by atoms with Crippen molar-refractivity contribution >= 4 is 0 Å². The molecular weight excluding hydrogens is 280 g/mol. The van der Waals surface area contributed by atoms with Crippen LogP contribution < -0.4 is 5.73 Å². The second-order valence-electron chi connectivity index (χ2n) is 6.24. The molecule has 23 heavy (non-hydrogen) atoms. The molecule has 0 saturated heterocycles. The monoisotopic (exact) mass is 310 g/mol. The first kappa shape index (κ1) is 17.7. The summed E-state index contributed by atoms with van der Waals surface area (Å²) in [5.41, 5.74) is 8.35. The van der Waals surface area contributed by atoms with E-state index in [1.54, 1.807) is 0 Å². The fraction of sp³-hybridized carbons (Fsp3) is 0.429. The van der Waals surface area contributed by atoms with Gasteiger partial charge in [0, 0.05) is 13.1 Å². The molecule has 0 radical (unpaired) electrons. The molecule has 0 amide bonds. The molecule has 0 aliphatic carbocycles. The zero-order valence-electron chi connectivity index (χ0n) is 14.2. The van der Waals surface area contributed by atoms with Gasteiger partial charge in [-0.05, 0) is 37.1 Å². The zero-order valence-corrected chi connectivity index (χ0v) is 14.2. The fourth-order valence-electron chi connectivity index (χ4n) is 2.91. The molecule has 0 heterocycles. The third-order valence-corrected chi connectivity index (χ3v) is 4.18. The molecular formula is C21H30N2. The molecule has 0 bridgehead atoms. The van der Waals surface area contributed by atoms with Crippen LogP contribution in [0.25, 0.3) is 0 Å². The summed E-state index contributed by atoms with van der Waals surface area (Å²) in [5.74, 6) is 0. The molecule has 0 spiro atoms. The van der Waals surface area contributed by atoms with Crippen molar-refractivity contribution in [3.05, 3.63) is 71.8 Å². The minimum absolute atomic E-state index is 0.828. The summed E-state index contributed by atoms with van der Waals surface area (Å²) in [5, 5.41) is 0. The Balaban J connectivity index is 1.83. The quantitative estimate of drug-likeness (QED) is 0.615. The van der Waals surface area contributed by atoms with Gasteiger partial charge < -0.3 is 5.73 Å². The van der Waals surface area contributed by atoms with Crippen LogP contribution in [-0.4, -0.2) is 18.0 Å². The Morgan fingerprint density at radius 2 is 1.09 bits per heavy atom. The Morgan fingerprint density at radius 1 is 0.609 bits per heavy atom. The smallest absolute Gasteiger partial charge is 0.0237 e. The standard InChI is InChI=1S/C21H30N2/c22-16-10-2-1-3-11-17-23(18-20-12-6-4-7-13-20)19-21-14-8-5-9-15-21/h4-9,12-15H,1-3,10-11,16-19,22H2. The van der Waals surface area contributed by atoms with Gasteiger partial charge in [0.1, 0.15) is 0 Å². The maximum absolute atomic E-state index is 5.56. The summed E-state index contributed by atoms with van der Waals surface area (Å²) in [6.45, 7) is 4.04. The van der Waals surface area contributed by atoms with Gasteiger partial charge in [0.05, 0.1) is 0 Å². The van der Waals surface area contributed by atoms with E-state index in [1.807, 2.05) is 0 Å². The first-order valence-electron chi connectivity index (χ1n) is 8.89. The SMILES string of the molecule is NCCCCCCCN(Cc1ccccc1)Cc1ccccc1. The van der Waals surface area contributed by atoms with Crippen molar-refractivity contribution in [1.82, 2.24) is 4.90 Å². The Morgan fingerprint density at radius 3 is 1.61 bits per heavy atom. The van der Waals surface area contributed by atoms with Gasteiger partial charge in [-0.3, -0.25) is 4.90 Å². The first-order valence-corrected chi connectivity index (χ1v) is 8.89. The third-order valence-electron chi connectivity index (χ3n) is 4.18. The van der Waals surface area contributed by atoms with Gasteiger partial charge in [-0.1, -0.05) is 79.9 Å². The van der Waals surface area contributed by atoms with Gasteiger partial charge in [-0.2, -0.15) is 0 Å². The Labute approximate surface area is 141 Å². The molecule has 2 rings (SSSR count). The lowest BCUT2D eigenvalue weighted by Gasteiger charge is -2.22. The number of benzene rings is 2. The predicted octanol–water partition coefficient (Wildman–Crippen LogP) is 4.60. The highest BCUT2D eigenvalue weighted by Gasteiger charge is 2.07. The van der Waals surface area contributed by atoms with E-state index < -0.39 is 0 Å². The molecule has 2 aromatic carbocycles. The molecule has 0 fully saturated rings. The van der Waals surface area contributed by atoms with Crippen molar-refractivity contribution in [2.24, 2.45) is 5.73 Å². The van der Waals surface area contributed by atoms with E-state index in [4.69, 9.17) is 5.73 Å². The van der Waals surface area contributed by atoms with Crippen molar-refractivity contribution in [3.8, 4) is 0 Å². The van der Waals surface area contributed by atoms with Crippen molar-refractivity contribution < 1.29 is 0 Å². The molecule has 0 saturated carbocycles. The number of nitrogens with two attached hydrogens (primary N) is 1. The topological polar surface area (TPSA) is 29.3 Å². The second kappa shape index (κ2) is 11.0. The molecule has 2 heteroatoms. The minimum atomic E-state index is 0.828. The molecule has 2 aromatic rings.